The molecular formula is C16H17O2P. The van der Waals surface area contributed by atoms with E-state index >= 15 is 0 Å². The molecule has 1 aliphatic heterocycles. The van der Waals surface area contributed by atoms with E-state index in [0.717, 1.165) is 22.2 Å². The lowest BCUT2D eigenvalue weighted by atomic mass is 9.85. The summed E-state index contributed by atoms with van der Waals surface area (Å²) in [6.45, 7) is 6.55. The second-order valence-electron chi connectivity index (χ2n) is 5.90. The van der Waals surface area contributed by atoms with Crippen molar-refractivity contribution in [2.45, 2.75) is 26.2 Å². The highest BCUT2D eigenvalue weighted by atomic mass is 31.1. The van der Waals surface area contributed by atoms with Gasteiger partial charge in [0, 0.05) is 5.56 Å². The first-order valence-electron chi connectivity index (χ1n) is 6.43. The highest BCUT2D eigenvalue weighted by Gasteiger charge is 2.24. The summed E-state index contributed by atoms with van der Waals surface area (Å²) in [7, 11) is -2.17. The Labute approximate surface area is 114 Å². The van der Waals surface area contributed by atoms with Crippen LogP contribution in [0.2, 0.25) is 0 Å². The van der Waals surface area contributed by atoms with Crippen LogP contribution in [0.15, 0.2) is 42.5 Å². The number of hydrogen-bond acceptors (Lipinski definition) is 2. The minimum atomic E-state index is -2.17. The Kier molecular flexibility index (Phi) is 2.79. The average Bonchev–Trinajstić information content (AvgIpc) is 2.37. The molecule has 3 rings (SSSR count). The molecule has 0 aliphatic carbocycles. The Hall–Kier alpha value is -1.53. The van der Waals surface area contributed by atoms with E-state index in [4.69, 9.17) is 4.52 Å². The number of para-hydroxylation sites is 1. The van der Waals surface area contributed by atoms with Crippen molar-refractivity contribution < 1.29 is 9.09 Å². The van der Waals surface area contributed by atoms with Crippen LogP contribution >= 0.6 is 8.03 Å². The van der Waals surface area contributed by atoms with Gasteiger partial charge in [0.05, 0.1) is 5.30 Å². The van der Waals surface area contributed by atoms with Gasteiger partial charge in [0.2, 0.25) is 0 Å². The summed E-state index contributed by atoms with van der Waals surface area (Å²) in [6, 6.07) is 14.0. The second-order valence-corrected chi connectivity index (χ2v) is 7.21. The Bertz CT molecular complexity index is 669. The summed E-state index contributed by atoms with van der Waals surface area (Å²) < 4.78 is 17.7. The predicted molar refractivity (Wildman–Crippen MR) is 79.8 cm³/mol. The van der Waals surface area contributed by atoms with E-state index in [2.05, 4.69) is 32.9 Å². The summed E-state index contributed by atoms with van der Waals surface area (Å²) in [6.07, 6.45) is 0. The SMILES string of the molecule is CC(C)(C)c1ccc2c(c1)-c1ccccc1O[PH]2=O. The molecule has 0 fully saturated rings. The molecule has 1 atom stereocenters. The van der Waals surface area contributed by atoms with E-state index in [-0.39, 0.29) is 5.41 Å². The fourth-order valence-electron chi connectivity index (χ4n) is 2.34. The zero-order valence-electron chi connectivity index (χ0n) is 11.4. The van der Waals surface area contributed by atoms with Crippen molar-refractivity contribution >= 4 is 13.3 Å². The first-order valence-corrected chi connectivity index (χ1v) is 7.74. The van der Waals surface area contributed by atoms with Gasteiger partial charge in [-0.3, -0.25) is 4.57 Å². The van der Waals surface area contributed by atoms with Crippen molar-refractivity contribution in [3.63, 3.8) is 0 Å². The highest BCUT2D eigenvalue weighted by molar-refractivity contribution is 7.49. The molecule has 0 saturated heterocycles. The molecule has 2 aromatic carbocycles. The van der Waals surface area contributed by atoms with Gasteiger partial charge in [-0.05, 0) is 34.7 Å². The van der Waals surface area contributed by atoms with Gasteiger partial charge in [-0.2, -0.15) is 0 Å². The zero-order valence-corrected chi connectivity index (χ0v) is 12.4. The molecule has 19 heavy (non-hydrogen) atoms. The van der Waals surface area contributed by atoms with Crippen molar-refractivity contribution in [1.82, 2.24) is 0 Å². The highest BCUT2D eigenvalue weighted by Crippen LogP contribution is 2.43. The molecule has 1 aliphatic rings. The molecule has 1 unspecified atom stereocenters. The van der Waals surface area contributed by atoms with Gasteiger partial charge in [0.25, 0.3) is 8.03 Å². The van der Waals surface area contributed by atoms with E-state index in [9.17, 15) is 4.57 Å². The van der Waals surface area contributed by atoms with E-state index in [1.807, 2.05) is 30.3 Å². The molecular weight excluding hydrogens is 255 g/mol. The lowest BCUT2D eigenvalue weighted by Crippen LogP contribution is -2.16. The Morgan fingerprint density at radius 1 is 1.00 bits per heavy atom. The maximum absolute atomic E-state index is 12.2. The monoisotopic (exact) mass is 272 g/mol. The van der Waals surface area contributed by atoms with Crippen LogP contribution in [0, 0.1) is 0 Å². The second kappa shape index (κ2) is 4.25. The predicted octanol–water partition coefficient (Wildman–Crippen LogP) is 4.14. The smallest absolute Gasteiger partial charge is 0.266 e. The molecule has 0 aromatic heterocycles. The van der Waals surface area contributed by atoms with Gasteiger partial charge in [0.15, 0.2) is 0 Å². The van der Waals surface area contributed by atoms with Crippen LogP contribution < -0.4 is 9.83 Å². The number of hydrogen-bond donors (Lipinski definition) is 0. The molecule has 98 valence electrons. The third kappa shape index (κ3) is 2.11. The number of fused-ring (bicyclic) bond motifs is 3. The van der Waals surface area contributed by atoms with Crippen LogP contribution in [0.25, 0.3) is 11.1 Å². The quantitative estimate of drug-likeness (QED) is 0.674. The van der Waals surface area contributed by atoms with Crippen molar-refractivity contribution in [2.75, 3.05) is 0 Å². The zero-order chi connectivity index (χ0) is 13.6. The lowest BCUT2D eigenvalue weighted by molar-refractivity contribution is 0.513. The van der Waals surface area contributed by atoms with Gasteiger partial charge >= 0.3 is 0 Å². The fourth-order valence-corrected chi connectivity index (χ4v) is 3.48. The van der Waals surface area contributed by atoms with Crippen LogP contribution in [0.3, 0.4) is 0 Å². The molecule has 0 saturated carbocycles. The third-order valence-electron chi connectivity index (χ3n) is 3.49. The van der Waals surface area contributed by atoms with Crippen molar-refractivity contribution in [2.24, 2.45) is 0 Å². The van der Waals surface area contributed by atoms with E-state index < -0.39 is 8.03 Å². The number of benzene rings is 2. The molecule has 1 heterocycles. The largest absolute Gasteiger partial charge is 0.441 e. The maximum atomic E-state index is 12.2. The van der Waals surface area contributed by atoms with Gasteiger partial charge in [-0.15, -0.1) is 0 Å². The number of rotatable bonds is 0. The van der Waals surface area contributed by atoms with Gasteiger partial charge in [-0.1, -0.05) is 45.0 Å². The molecule has 2 nitrogen and oxygen atoms in total. The molecule has 0 bridgehead atoms. The molecule has 0 amide bonds. The van der Waals surface area contributed by atoms with E-state index in [1.165, 1.54) is 5.56 Å². The van der Waals surface area contributed by atoms with Crippen LogP contribution in [-0.4, -0.2) is 0 Å². The molecule has 0 spiro atoms. The maximum Gasteiger partial charge on any atom is 0.266 e. The van der Waals surface area contributed by atoms with Gasteiger partial charge in [-0.25, -0.2) is 0 Å². The molecule has 0 N–H and O–H groups in total. The van der Waals surface area contributed by atoms with Gasteiger partial charge < -0.3 is 4.52 Å². The minimum absolute atomic E-state index is 0.0814. The molecule has 2 aromatic rings. The topological polar surface area (TPSA) is 26.3 Å². The lowest BCUT2D eigenvalue weighted by Gasteiger charge is -2.24. The van der Waals surface area contributed by atoms with Crippen LogP contribution in [0.4, 0.5) is 0 Å². The Balaban J connectivity index is 2.26. The Morgan fingerprint density at radius 2 is 1.74 bits per heavy atom. The molecule has 0 radical (unpaired) electrons. The van der Waals surface area contributed by atoms with Crippen LogP contribution in [0.5, 0.6) is 5.75 Å². The van der Waals surface area contributed by atoms with Crippen molar-refractivity contribution in [1.29, 1.82) is 0 Å². The fraction of sp³-hybridized carbons (Fsp3) is 0.250. The summed E-state index contributed by atoms with van der Waals surface area (Å²) in [5.74, 6) is 0.727. The summed E-state index contributed by atoms with van der Waals surface area (Å²) in [5, 5.41) is 0.830. The van der Waals surface area contributed by atoms with Crippen LogP contribution in [-0.2, 0) is 9.98 Å². The third-order valence-corrected chi connectivity index (χ3v) is 4.77. The van der Waals surface area contributed by atoms with E-state index in [0.29, 0.717) is 0 Å². The van der Waals surface area contributed by atoms with Crippen molar-refractivity contribution in [3.05, 3.63) is 48.0 Å². The minimum Gasteiger partial charge on any atom is -0.441 e. The van der Waals surface area contributed by atoms with Crippen LogP contribution in [0.1, 0.15) is 26.3 Å². The van der Waals surface area contributed by atoms with E-state index in [1.54, 1.807) is 0 Å². The first-order chi connectivity index (χ1) is 8.97. The summed E-state index contributed by atoms with van der Waals surface area (Å²) in [5.41, 5.74) is 3.42. The first kappa shape index (κ1) is 12.5. The average molecular weight is 272 g/mol. The normalized spacial score (nSPS) is 17.3. The van der Waals surface area contributed by atoms with Crippen molar-refractivity contribution in [3.8, 4) is 16.9 Å². The Morgan fingerprint density at radius 3 is 2.47 bits per heavy atom. The van der Waals surface area contributed by atoms with Gasteiger partial charge in [0.1, 0.15) is 5.75 Å². The summed E-state index contributed by atoms with van der Waals surface area (Å²) >= 11 is 0. The summed E-state index contributed by atoms with van der Waals surface area (Å²) in [4.78, 5) is 0. The standard InChI is InChI=1S/C16H17O2P/c1-16(2,3)11-8-9-15-13(10-11)12-6-4-5-7-14(12)18-19(15)17/h4-10,19H,1-3H3. The molecule has 3 heteroatoms.